The van der Waals surface area contributed by atoms with Gasteiger partial charge in [0, 0.05) is 17.7 Å². The van der Waals surface area contributed by atoms with Gasteiger partial charge in [-0.3, -0.25) is 4.79 Å². The Kier molecular flexibility index (Phi) is 6.12. The minimum atomic E-state index is -0.346. The summed E-state index contributed by atoms with van der Waals surface area (Å²) in [5.41, 5.74) is 2.00. The highest BCUT2D eigenvalue weighted by atomic mass is 19.1. The molecule has 1 heterocycles. The first-order chi connectivity index (χ1) is 15.6. The molecular formula is C24H21FN4O3. The summed E-state index contributed by atoms with van der Waals surface area (Å²) >= 11 is 0. The van der Waals surface area contributed by atoms with Crippen LogP contribution in [0.2, 0.25) is 0 Å². The average molecular weight is 432 g/mol. The van der Waals surface area contributed by atoms with Crippen LogP contribution in [-0.2, 0) is 6.54 Å². The van der Waals surface area contributed by atoms with Crippen molar-refractivity contribution in [1.29, 1.82) is 0 Å². The Balaban J connectivity index is 1.66. The van der Waals surface area contributed by atoms with Crippen molar-refractivity contribution in [3.8, 4) is 22.9 Å². The van der Waals surface area contributed by atoms with Crippen LogP contribution in [0, 0.1) is 5.82 Å². The fourth-order valence-electron chi connectivity index (χ4n) is 3.07. The van der Waals surface area contributed by atoms with Gasteiger partial charge in [0.05, 0.1) is 14.2 Å². The third kappa shape index (κ3) is 4.59. The van der Waals surface area contributed by atoms with Gasteiger partial charge in [0.2, 0.25) is 5.95 Å². The number of methoxy groups -OCH3 is 2. The number of carbonyl (C=O) groups excluding carboxylic acids is 1. The normalized spacial score (nSPS) is 10.6. The molecule has 0 bridgehead atoms. The van der Waals surface area contributed by atoms with Crippen molar-refractivity contribution in [2.24, 2.45) is 0 Å². The number of hydrogen-bond acceptors (Lipinski definition) is 6. The Hall–Kier alpha value is -4.20. The summed E-state index contributed by atoms with van der Waals surface area (Å²) in [6.45, 7) is 0.344. The molecule has 0 aliphatic heterocycles. The quantitative estimate of drug-likeness (QED) is 0.466. The predicted octanol–water partition coefficient (Wildman–Crippen LogP) is 4.40. The second-order valence-electron chi connectivity index (χ2n) is 6.91. The van der Waals surface area contributed by atoms with E-state index < -0.39 is 0 Å². The highest BCUT2D eigenvalue weighted by Gasteiger charge is 2.19. The Morgan fingerprint density at radius 2 is 1.50 bits per heavy atom. The van der Waals surface area contributed by atoms with Gasteiger partial charge in [-0.1, -0.05) is 12.1 Å². The molecule has 0 atom stereocenters. The van der Waals surface area contributed by atoms with E-state index in [1.54, 1.807) is 62.8 Å². The average Bonchev–Trinajstić information content (AvgIpc) is 3.27. The monoisotopic (exact) mass is 432 g/mol. The molecule has 0 radical (unpaired) electrons. The Morgan fingerprint density at radius 1 is 0.906 bits per heavy atom. The van der Waals surface area contributed by atoms with E-state index in [1.807, 2.05) is 12.1 Å². The van der Waals surface area contributed by atoms with Crippen LogP contribution < -0.4 is 14.8 Å². The van der Waals surface area contributed by atoms with Gasteiger partial charge in [-0.15, -0.1) is 5.10 Å². The number of nitrogens with zero attached hydrogens (tertiary/aromatic N) is 3. The van der Waals surface area contributed by atoms with Crippen molar-refractivity contribution in [2.45, 2.75) is 6.54 Å². The Labute approximate surface area is 184 Å². The van der Waals surface area contributed by atoms with Crippen molar-refractivity contribution >= 4 is 11.9 Å². The lowest BCUT2D eigenvalue weighted by Gasteiger charge is -2.08. The molecule has 7 nitrogen and oxygen atoms in total. The van der Waals surface area contributed by atoms with Gasteiger partial charge in [0.25, 0.3) is 5.91 Å². The number of aromatic nitrogens is 3. The summed E-state index contributed by atoms with van der Waals surface area (Å²) in [6.07, 6.45) is 0. The van der Waals surface area contributed by atoms with Crippen molar-refractivity contribution in [3.05, 3.63) is 89.7 Å². The molecule has 162 valence electrons. The van der Waals surface area contributed by atoms with Gasteiger partial charge in [-0.05, 0) is 66.2 Å². The van der Waals surface area contributed by atoms with E-state index in [4.69, 9.17) is 9.47 Å². The van der Waals surface area contributed by atoms with Crippen molar-refractivity contribution in [3.63, 3.8) is 0 Å². The standard InChI is InChI=1S/C24H21FN4O3/c1-31-20-11-5-17(6-12-20)22-27-24(26-15-16-3-9-19(25)10-4-16)29(28-22)23(30)18-7-13-21(32-2)14-8-18/h3-14H,15H2,1-2H3,(H,26,27,28). The largest absolute Gasteiger partial charge is 0.497 e. The molecule has 0 saturated heterocycles. The second-order valence-corrected chi connectivity index (χ2v) is 6.91. The lowest BCUT2D eigenvalue weighted by molar-refractivity contribution is 0.0947. The van der Waals surface area contributed by atoms with Gasteiger partial charge in [-0.2, -0.15) is 9.67 Å². The molecule has 0 unspecified atom stereocenters. The molecule has 0 aliphatic rings. The molecule has 0 aliphatic carbocycles. The molecule has 32 heavy (non-hydrogen) atoms. The Bertz CT molecular complexity index is 1200. The number of carbonyl (C=O) groups is 1. The minimum Gasteiger partial charge on any atom is -0.497 e. The lowest BCUT2D eigenvalue weighted by atomic mass is 10.2. The number of hydrogen-bond donors (Lipinski definition) is 1. The first-order valence-electron chi connectivity index (χ1n) is 9.86. The zero-order valence-electron chi connectivity index (χ0n) is 17.6. The first kappa shape index (κ1) is 21.0. The van der Waals surface area contributed by atoms with E-state index in [-0.39, 0.29) is 17.7 Å². The van der Waals surface area contributed by atoms with Crippen LogP contribution in [0.25, 0.3) is 11.4 Å². The van der Waals surface area contributed by atoms with Gasteiger partial charge < -0.3 is 14.8 Å². The maximum absolute atomic E-state index is 13.2. The van der Waals surface area contributed by atoms with Crippen LogP contribution in [0.4, 0.5) is 10.3 Å². The lowest BCUT2D eigenvalue weighted by Crippen LogP contribution is -2.17. The molecular weight excluding hydrogens is 411 g/mol. The second kappa shape index (κ2) is 9.30. The van der Waals surface area contributed by atoms with E-state index >= 15 is 0 Å². The van der Waals surface area contributed by atoms with E-state index in [0.29, 0.717) is 29.4 Å². The van der Waals surface area contributed by atoms with Crippen molar-refractivity contribution in [1.82, 2.24) is 14.8 Å². The SMILES string of the molecule is COc1ccc(C(=O)n2nc(-c3ccc(OC)cc3)nc2NCc2ccc(F)cc2)cc1. The number of nitrogens with one attached hydrogen (secondary N) is 1. The van der Waals surface area contributed by atoms with Gasteiger partial charge >= 0.3 is 0 Å². The van der Waals surface area contributed by atoms with E-state index in [1.165, 1.54) is 16.8 Å². The molecule has 1 aromatic heterocycles. The molecule has 4 rings (SSSR count). The summed E-state index contributed by atoms with van der Waals surface area (Å²) in [4.78, 5) is 17.7. The minimum absolute atomic E-state index is 0.279. The maximum atomic E-state index is 13.2. The fourth-order valence-corrected chi connectivity index (χ4v) is 3.07. The third-order valence-electron chi connectivity index (χ3n) is 4.85. The van der Waals surface area contributed by atoms with Gasteiger partial charge in [-0.25, -0.2) is 4.39 Å². The van der Waals surface area contributed by atoms with Crippen LogP contribution >= 0.6 is 0 Å². The highest BCUT2D eigenvalue weighted by Crippen LogP contribution is 2.23. The van der Waals surface area contributed by atoms with Crippen LogP contribution in [0.15, 0.2) is 72.8 Å². The van der Waals surface area contributed by atoms with Crippen molar-refractivity contribution in [2.75, 3.05) is 19.5 Å². The van der Waals surface area contributed by atoms with Crippen LogP contribution in [0.3, 0.4) is 0 Å². The van der Waals surface area contributed by atoms with E-state index in [0.717, 1.165) is 11.1 Å². The fraction of sp³-hybridized carbons (Fsp3) is 0.125. The summed E-state index contributed by atoms with van der Waals surface area (Å²) < 4.78 is 24.8. The molecule has 4 aromatic rings. The van der Waals surface area contributed by atoms with E-state index in [9.17, 15) is 9.18 Å². The van der Waals surface area contributed by atoms with Crippen LogP contribution in [0.5, 0.6) is 11.5 Å². The summed E-state index contributed by atoms with van der Waals surface area (Å²) in [7, 11) is 3.15. The number of benzene rings is 3. The predicted molar refractivity (Wildman–Crippen MR) is 118 cm³/mol. The summed E-state index contributed by atoms with van der Waals surface area (Å²) in [6, 6.07) is 20.1. The summed E-state index contributed by atoms with van der Waals surface area (Å²) in [5.74, 6) is 1.36. The molecule has 0 fully saturated rings. The molecule has 8 heteroatoms. The highest BCUT2D eigenvalue weighted by molar-refractivity contribution is 5.97. The van der Waals surface area contributed by atoms with Crippen LogP contribution in [-0.4, -0.2) is 34.9 Å². The van der Waals surface area contributed by atoms with Gasteiger partial charge in [0.1, 0.15) is 17.3 Å². The van der Waals surface area contributed by atoms with Gasteiger partial charge in [0.15, 0.2) is 5.82 Å². The molecule has 0 amide bonds. The summed E-state index contributed by atoms with van der Waals surface area (Å²) in [5, 5.41) is 7.57. The van der Waals surface area contributed by atoms with E-state index in [2.05, 4.69) is 15.4 Å². The zero-order chi connectivity index (χ0) is 22.5. The number of halogens is 1. The molecule has 0 spiro atoms. The van der Waals surface area contributed by atoms with Crippen LogP contribution in [0.1, 0.15) is 15.9 Å². The number of ether oxygens (including phenoxy) is 2. The topological polar surface area (TPSA) is 78.3 Å². The maximum Gasteiger partial charge on any atom is 0.281 e. The third-order valence-corrected chi connectivity index (χ3v) is 4.85. The number of anilines is 1. The zero-order valence-corrected chi connectivity index (χ0v) is 17.6. The van der Waals surface area contributed by atoms with Crippen molar-refractivity contribution < 1.29 is 18.7 Å². The number of rotatable bonds is 7. The first-order valence-corrected chi connectivity index (χ1v) is 9.86. The molecule has 0 saturated carbocycles. The molecule has 3 aromatic carbocycles. The molecule has 1 N–H and O–H groups in total. The smallest absolute Gasteiger partial charge is 0.281 e. The Morgan fingerprint density at radius 3 is 2.09 bits per heavy atom.